The van der Waals surface area contributed by atoms with Gasteiger partial charge in [-0.25, -0.2) is 0 Å². The molecule has 3 rings (SSSR count). The van der Waals surface area contributed by atoms with Gasteiger partial charge in [0.25, 0.3) is 5.91 Å². The van der Waals surface area contributed by atoms with Gasteiger partial charge in [0.05, 0.1) is 17.9 Å². The summed E-state index contributed by atoms with van der Waals surface area (Å²) >= 11 is 2.73. The first-order chi connectivity index (χ1) is 14.0. The van der Waals surface area contributed by atoms with Gasteiger partial charge in [-0.15, -0.1) is 10.2 Å². The SMILES string of the molecule is CCc1nnc(/N=C2/S/C(=C/c3ccc(OCCC(=O)O)cc3)C(=O)N2CC)s1. The molecule has 2 heterocycles. The van der Waals surface area contributed by atoms with Gasteiger partial charge in [0.2, 0.25) is 5.13 Å². The van der Waals surface area contributed by atoms with Gasteiger partial charge in [0.15, 0.2) is 5.17 Å². The number of benzene rings is 1. The highest BCUT2D eigenvalue weighted by atomic mass is 32.2. The van der Waals surface area contributed by atoms with Crippen LogP contribution in [0.5, 0.6) is 5.75 Å². The smallest absolute Gasteiger partial charge is 0.306 e. The Hall–Kier alpha value is -2.72. The minimum Gasteiger partial charge on any atom is -0.493 e. The summed E-state index contributed by atoms with van der Waals surface area (Å²) in [5.74, 6) is -0.419. The van der Waals surface area contributed by atoms with E-state index in [1.165, 1.54) is 23.1 Å². The topological polar surface area (TPSA) is 105 Å². The van der Waals surface area contributed by atoms with E-state index in [0.717, 1.165) is 17.0 Å². The third kappa shape index (κ3) is 5.42. The fourth-order valence-corrected chi connectivity index (χ4v) is 4.20. The van der Waals surface area contributed by atoms with Crippen LogP contribution in [0, 0.1) is 0 Å². The molecule has 0 saturated carbocycles. The largest absolute Gasteiger partial charge is 0.493 e. The number of aliphatic carboxylic acids is 1. The number of rotatable bonds is 8. The van der Waals surface area contributed by atoms with Crippen molar-refractivity contribution in [2.24, 2.45) is 4.99 Å². The number of carbonyl (C=O) groups is 2. The van der Waals surface area contributed by atoms with Crippen molar-refractivity contribution >= 4 is 51.4 Å². The highest BCUT2D eigenvalue weighted by Crippen LogP contribution is 2.34. The van der Waals surface area contributed by atoms with E-state index in [1.54, 1.807) is 23.1 Å². The predicted octanol–water partition coefficient (Wildman–Crippen LogP) is 3.58. The first kappa shape index (κ1) is 21.0. The van der Waals surface area contributed by atoms with Crippen LogP contribution in [-0.4, -0.2) is 50.4 Å². The quantitative estimate of drug-likeness (QED) is 0.636. The molecule has 1 aromatic carbocycles. The number of aromatic nitrogens is 2. The summed E-state index contributed by atoms with van der Waals surface area (Å²) in [7, 11) is 0. The van der Waals surface area contributed by atoms with Crippen LogP contribution in [0.4, 0.5) is 5.13 Å². The molecule has 10 heteroatoms. The number of carboxylic acids is 1. The highest BCUT2D eigenvalue weighted by Gasteiger charge is 2.32. The van der Waals surface area contributed by atoms with Gasteiger partial charge in [0.1, 0.15) is 10.8 Å². The Morgan fingerprint density at radius 1 is 1.28 bits per heavy atom. The van der Waals surface area contributed by atoms with E-state index >= 15 is 0 Å². The molecule has 2 aromatic rings. The Kier molecular flexibility index (Phi) is 6.99. The molecule has 152 valence electrons. The van der Waals surface area contributed by atoms with E-state index in [1.807, 2.05) is 26.0 Å². The molecule has 0 unspecified atom stereocenters. The maximum atomic E-state index is 12.7. The van der Waals surface area contributed by atoms with Crippen molar-refractivity contribution in [1.82, 2.24) is 15.1 Å². The van der Waals surface area contributed by atoms with E-state index in [-0.39, 0.29) is 18.9 Å². The van der Waals surface area contributed by atoms with Crippen LogP contribution in [0.2, 0.25) is 0 Å². The summed E-state index contributed by atoms with van der Waals surface area (Å²) in [5.41, 5.74) is 0.841. The molecule has 1 fully saturated rings. The van der Waals surface area contributed by atoms with E-state index in [9.17, 15) is 9.59 Å². The third-order valence-corrected chi connectivity index (χ3v) is 5.88. The molecule has 1 N–H and O–H groups in total. The Morgan fingerprint density at radius 2 is 2.03 bits per heavy atom. The number of nitrogens with zero attached hydrogens (tertiary/aromatic N) is 4. The van der Waals surface area contributed by atoms with Crippen molar-refractivity contribution in [3.8, 4) is 5.75 Å². The zero-order chi connectivity index (χ0) is 20.8. The van der Waals surface area contributed by atoms with Gasteiger partial charge < -0.3 is 9.84 Å². The Bertz CT molecular complexity index is 953. The van der Waals surface area contributed by atoms with Crippen molar-refractivity contribution in [1.29, 1.82) is 0 Å². The summed E-state index contributed by atoms with van der Waals surface area (Å²) in [4.78, 5) is 29.9. The standard InChI is InChI=1S/C19H20N4O4S2/c1-3-15-21-22-18(29-15)20-19-23(4-2)17(26)14(28-19)11-12-5-7-13(8-6-12)27-10-9-16(24)25/h5-8,11H,3-4,9-10H2,1-2H3,(H,24,25)/b14-11+,20-19+. The number of ether oxygens (including phenoxy) is 1. The lowest BCUT2D eigenvalue weighted by molar-refractivity contribution is -0.137. The van der Waals surface area contributed by atoms with Crippen LogP contribution in [0.15, 0.2) is 34.2 Å². The fourth-order valence-electron chi connectivity index (χ4n) is 2.45. The first-order valence-electron chi connectivity index (χ1n) is 9.07. The van der Waals surface area contributed by atoms with E-state index in [2.05, 4.69) is 15.2 Å². The van der Waals surface area contributed by atoms with Gasteiger partial charge in [-0.2, -0.15) is 4.99 Å². The van der Waals surface area contributed by atoms with Crippen LogP contribution in [0.3, 0.4) is 0 Å². The van der Waals surface area contributed by atoms with Crippen molar-refractivity contribution in [2.75, 3.05) is 13.2 Å². The molecule has 8 nitrogen and oxygen atoms in total. The van der Waals surface area contributed by atoms with Crippen molar-refractivity contribution in [2.45, 2.75) is 26.7 Å². The molecule has 29 heavy (non-hydrogen) atoms. The normalized spacial score (nSPS) is 16.8. The lowest BCUT2D eigenvalue weighted by Gasteiger charge is -2.11. The number of hydrogen-bond donors (Lipinski definition) is 1. The average Bonchev–Trinajstić information content (AvgIpc) is 3.27. The number of amidine groups is 1. The number of carboxylic acid groups (broad SMARTS) is 1. The van der Waals surface area contributed by atoms with Crippen LogP contribution < -0.4 is 4.74 Å². The number of thioether (sulfide) groups is 1. The summed E-state index contributed by atoms with van der Waals surface area (Å²) in [6, 6.07) is 7.14. The van der Waals surface area contributed by atoms with Crippen molar-refractivity contribution < 1.29 is 19.4 Å². The Balaban J connectivity index is 1.73. The zero-order valence-corrected chi connectivity index (χ0v) is 17.6. The summed E-state index contributed by atoms with van der Waals surface area (Å²) in [5, 5.41) is 18.8. The third-order valence-electron chi connectivity index (χ3n) is 3.92. The number of likely N-dealkylation sites (N-methyl/N-ethyl adjacent to an activating group) is 1. The number of aliphatic imine (C=N–C) groups is 1. The first-order valence-corrected chi connectivity index (χ1v) is 10.7. The maximum absolute atomic E-state index is 12.7. The van der Waals surface area contributed by atoms with Crippen molar-refractivity contribution in [3.05, 3.63) is 39.7 Å². The lowest BCUT2D eigenvalue weighted by Crippen LogP contribution is -2.28. The zero-order valence-electron chi connectivity index (χ0n) is 16.0. The number of hydrogen-bond acceptors (Lipinski definition) is 8. The molecule has 1 aliphatic heterocycles. The highest BCUT2D eigenvalue weighted by molar-refractivity contribution is 8.18. The van der Waals surface area contributed by atoms with E-state index in [0.29, 0.717) is 27.5 Å². The van der Waals surface area contributed by atoms with Gasteiger partial charge in [-0.05, 0) is 48.9 Å². The monoisotopic (exact) mass is 432 g/mol. The van der Waals surface area contributed by atoms with Gasteiger partial charge in [-0.1, -0.05) is 30.4 Å². The molecule has 0 atom stereocenters. The summed E-state index contributed by atoms with van der Waals surface area (Å²) < 4.78 is 5.38. The molecular weight excluding hydrogens is 412 g/mol. The second kappa shape index (κ2) is 9.66. The molecule has 1 aromatic heterocycles. The van der Waals surface area contributed by atoms with E-state index in [4.69, 9.17) is 9.84 Å². The minimum atomic E-state index is -0.902. The number of aryl methyl sites for hydroxylation is 1. The summed E-state index contributed by atoms with van der Waals surface area (Å²) in [6.07, 6.45) is 2.55. The van der Waals surface area contributed by atoms with Gasteiger partial charge in [-0.3, -0.25) is 14.5 Å². The molecule has 1 saturated heterocycles. The second-order valence-corrected chi connectivity index (χ2v) is 8.00. The number of amides is 1. The maximum Gasteiger partial charge on any atom is 0.306 e. The van der Waals surface area contributed by atoms with Crippen LogP contribution >= 0.6 is 23.1 Å². The molecule has 0 radical (unpaired) electrons. The molecular formula is C19H20N4O4S2. The predicted molar refractivity (Wildman–Crippen MR) is 114 cm³/mol. The molecule has 1 aliphatic rings. The molecule has 1 amide bonds. The molecule has 0 bridgehead atoms. The average molecular weight is 433 g/mol. The number of carbonyl (C=O) groups excluding carboxylic acids is 1. The minimum absolute atomic E-state index is 0.0553. The lowest BCUT2D eigenvalue weighted by atomic mass is 10.2. The van der Waals surface area contributed by atoms with Crippen molar-refractivity contribution in [3.63, 3.8) is 0 Å². The fraction of sp³-hybridized carbons (Fsp3) is 0.316. The van der Waals surface area contributed by atoms with Crippen LogP contribution in [0.1, 0.15) is 30.8 Å². The van der Waals surface area contributed by atoms with Gasteiger partial charge >= 0.3 is 5.97 Å². The van der Waals surface area contributed by atoms with E-state index < -0.39 is 5.97 Å². The van der Waals surface area contributed by atoms with Crippen LogP contribution in [0.25, 0.3) is 6.08 Å². The Labute approximate surface area is 176 Å². The molecule has 0 spiro atoms. The van der Waals surface area contributed by atoms with Crippen LogP contribution in [-0.2, 0) is 16.0 Å². The van der Waals surface area contributed by atoms with Gasteiger partial charge in [0, 0.05) is 6.54 Å². The second-order valence-electron chi connectivity index (χ2n) is 5.95. The Morgan fingerprint density at radius 3 is 2.66 bits per heavy atom. The molecule has 0 aliphatic carbocycles. The summed E-state index contributed by atoms with van der Waals surface area (Å²) in [6.45, 7) is 4.53.